The van der Waals surface area contributed by atoms with E-state index in [1.165, 1.54) is 12.8 Å². The molecule has 0 atom stereocenters. The second kappa shape index (κ2) is 8.81. The molecule has 4 heteroatoms. The van der Waals surface area contributed by atoms with Crippen LogP contribution in [0.4, 0.5) is 5.69 Å². The highest BCUT2D eigenvalue weighted by molar-refractivity contribution is 6.30. The van der Waals surface area contributed by atoms with Crippen LogP contribution in [0.25, 0.3) is 0 Å². The van der Waals surface area contributed by atoms with Gasteiger partial charge in [0.25, 0.3) is 0 Å². The number of hydrogen-bond donors (Lipinski definition) is 2. The van der Waals surface area contributed by atoms with Crippen LogP contribution in [0.3, 0.4) is 0 Å². The Hall–Kier alpha value is -1.22. The van der Waals surface area contributed by atoms with Crippen molar-refractivity contribution in [1.82, 2.24) is 5.32 Å². The first-order chi connectivity index (χ1) is 8.72. The van der Waals surface area contributed by atoms with Gasteiger partial charge in [0.15, 0.2) is 0 Å². The van der Waals surface area contributed by atoms with Gasteiger partial charge in [0.1, 0.15) is 0 Å². The zero-order valence-electron chi connectivity index (χ0n) is 10.8. The fourth-order valence-electron chi connectivity index (χ4n) is 1.61. The first-order valence-corrected chi connectivity index (χ1v) is 6.86. The Morgan fingerprint density at radius 3 is 2.83 bits per heavy atom. The van der Waals surface area contributed by atoms with Crippen LogP contribution in [0.1, 0.15) is 32.6 Å². The van der Waals surface area contributed by atoms with Crippen molar-refractivity contribution in [3.8, 4) is 0 Å². The molecule has 0 fully saturated rings. The molecule has 1 aromatic rings. The smallest absolute Gasteiger partial charge is 0.221 e. The molecule has 3 nitrogen and oxygen atoms in total. The topological polar surface area (TPSA) is 41.1 Å². The van der Waals surface area contributed by atoms with E-state index in [1.807, 2.05) is 24.3 Å². The molecule has 0 bridgehead atoms. The molecule has 1 amide bonds. The summed E-state index contributed by atoms with van der Waals surface area (Å²) in [5, 5.41) is 6.78. The van der Waals surface area contributed by atoms with Gasteiger partial charge in [0, 0.05) is 30.2 Å². The van der Waals surface area contributed by atoms with Crippen molar-refractivity contribution in [3.05, 3.63) is 29.3 Å². The maximum Gasteiger partial charge on any atom is 0.221 e. The Balaban J connectivity index is 2.12. The third-order valence-corrected chi connectivity index (χ3v) is 2.84. The Kier molecular flexibility index (Phi) is 7.26. The SMILES string of the molecule is CCCCCNC(=O)CCNc1cccc(Cl)c1. The first-order valence-electron chi connectivity index (χ1n) is 6.48. The lowest BCUT2D eigenvalue weighted by molar-refractivity contribution is -0.120. The number of benzene rings is 1. The number of amides is 1. The molecular formula is C14H21ClN2O. The molecule has 0 unspecified atom stereocenters. The summed E-state index contributed by atoms with van der Waals surface area (Å²) in [5.74, 6) is 0.0978. The minimum absolute atomic E-state index is 0.0978. The number of rotatable bonds is 8. The fraction of sp³-hybridized carbons (Fsp3) is 0.500. The maximum absolute atomic E-state index is 11.5. The molecule has 0 aromatic heterocycles. The quantitative estimate of drug-likeness (QED) is 0.709. The molecule has 0 spiro atoms. The highest BCUT2D eigenvalue weighted by atomic mass is 35.5. The average Bonchev–Trinajstić information content (AvgIpc) is 2.35. The van der Waals surface area contributed by atoms with E-state index in [-0.39, 0.29) is 5.91 Å². The van der Waals surface area contributed by atoms with E-state index in [1.54, 1.807) is 0 Å². The molecule has 0 aliphatic heterocycles. The largest absolute Gasteiger partial charge is 0.384 e. The van der Waals surface area contributed by atoms with Crippen LogP contribution in [0, 0.1) is 0 Å². The van der Waals surface area contributed by atoms with Crippen molar-refractivity contribution < 1.29 is 4.79 Å². The first kappa shape index (κ1) is 14.8. The molecule has 100 valence electrons. The van der Waals surface area contributed by atoms with Crippen LogP contribution in [-0.4, -0.2) is 19.0 Å². The second-order valence-corrected chi connectivity index (χ2v) is 4.68. The average molecular weight is 269 g/mol. The number of halogens is 1. The second-order valence-electron chi connectivity index (χ2n) is 4.24. The number of carbonyl (C=O) groups is 1. The molecule has 0 saturated heterocycles. The summed E-state index contributed by atoms with van der Waals surface area (Å²) in [6, 6.07) is 7.49. The van der Waals surface area contributed by atoms with Gasteiger partial charge >= 0.3 is 0 Å². The highest BCUT2D eigenvalue weighted by Gasteiger charge is 2.00. The predicted octanol–water partition coefficient (Wildman–Crippen LogP) is 3.45. The molecule has 1 rings (SSSR count). The fourth-order valence-corrected chi connectivity index (χ4v) is 1.80. The minimum atomic E-state index is 0.0978. The molecular weight excluding hydrogens is 248 g/mol. The number of hydrogen-bond acceptors (Lipinski definition) is 2. The monoisotopic (exact) mass is 268 g/mol. The summed E-state index contributed by atoms with van der Waals surface area (Å²) in [7, 11) is 0. The molecule has 2 N–H and O–H groups in total. The molecule has 0 aliphatic rings. The van der Waals surface area contributed by atoms with Crippen molar-refractivity contribution >= 4 is 23.2 Å². The lowest BCUT2D eigenvalue weighted by Crippen LogP contribution is -2.26. The van der Waals surface area contributed by atoms with E-state index in [9.17, 15) is 4.79 Å². The molecule has 0 heterocycles. The number of nitrogens with one attached hydrogen (secondary N) is 2. The summed E-state index contributed by atoms with van der Waals surface area (Å²) >= 11 is 5.87. The van der Waals surface area contributed by atoms with E-state index < -0.39 is 0 Å². The predicted molar refractivity (Wildman–Crippen MR) is 77.1 cm³/mol. The Labute approximate surface area is 114 Å². The number of anilines is 1. The van der Waals surface area contributed by atoms with E-state index in [0.717, 1.165) is 18.7 Å². The summed E-state index contributed by atoms with van der Waals surface area (Å²) in [6.45, 7) is 3.56. The van der Waals surface area contributed by atoms with Gasteiger partial charge in [-0.05, 0) is 24.6 Å². The van der Waals surface area contributed by atoms with Crippen molar-refractivity contribution in [2.24, 2.45) is 0 Å². The highest BCUT2D eigenvalue weighted by Crippen LogP contribution is 2.14. The lowest BCUT2D eigenvalue weighted by atomic mass is 10.2. The normalized spacial score (nSPS) is 10.1. The number of carbonyl (C=O) groups excluding carboxylic acids is 1. The van der Waals surface area contributed by atoms with Gasteiger partial charge in [0.2, 0.25) is 5.91 Å². The Morgan fingerprint density at radius 1 is 1.28 bits per heavy atom. The lowest BCUT2D eigenvalue weighted by Gasteiger charge is -2.07. The van der Waals surface area contributed by atoms with Crippen molar-refractivity contribution in [2.45, 2.75) is 32.6 Å². The summed E-state index contributed by atoms with van der Waals surface area (Å²) in [6.07, 6.45) is 3.88. The minimum Gasteiger partial charge on any atom is -0.384 e. The Morgan fingerprint density at radius 2 is 2.11 bits per heavy atom. The van der Waals surface area contributed by atoms with Crippen LogP contribution in [0.5, 0.6) is 0 Å². The van der Waals surface area contributed by atoms with E-state index in [2.05, 4.69) is 17.6 Å². The maximum atomic E-state index is 11.5. The molecule has 0 saturated carbocycles. The summed E-state index contributed by atoms with van der Waals surface area (Å²) in [5.41, 5.74) is 0.946. The van der Waals surface area contributed by atoms with Crippen molar-refractivity contribution in [3.63, 3.8) is 0 Å². The Bertz CT molecular complexity index is 369. The molecule has 18 heavy (non-hydrogen) atoms. The van der Waals surface area contributed by atoms with Crippen LogP contribution >= 0.6 is 11.6 Å². The van der Waals surface area contributed by atoms with Gasteiger partial charge in [-0.1, -0.05) is 37.4 Å². The van der Waals surface area contributed by atoms with Crippen molar-refractivity contribution in [1.29, 1.82) is 0 Å². The van der Waals surface area contributed by atoms with Gasteiger partial charge in [-0.3, -0.25) is 4.79 Å². The van der Waals surface area contributed by atoms with E-state index in [0.29, 0.717) is 18.0 Å². The standard InChI is InChI=1S/C14H21ClN2O/c1-2-3-4-9-17-14(18)8-10-16-13-7-5-6-12(15)11-13/h5-7,11,16H,2-4,8-10H2,1H3,(H,17,18). The number of unbranched alkanes of at least 4 members (excludes halogenated alkanes) is 2. The van der Waals surface area contributed by atoms with Crippen LogP contribution < -0.4 is 10.6 Å². The third-order valence-electron chi connectivity index (χ3n) is 2.61. The van der Waals surface area contributed by atoms with Gasteiger partial charge in [0.05, 0.1) is 0 Å². The van der Waals surface area contributed by atoms with Crippen LogP contribution in [0.2, 0.25) is 5.02 Å². The molecule has 1 aromatic carbocycles. The van der Waals surface area contributed by atoms with Gasteiger partial charge in [-0.15, -0.1) is 0 Å². The van der Waals surface area contributed by atoms with Gasteiger partial charge < -0.3 is 10.6 Å². The van der Waals surface area contributed by atoms with Gasteiger partial charge in [-0.2, -0.15) is 0 Å². The summed E-state index contributed by atoms with van der Waals surface area (Å²) in [4.78, 5) is 11.5. The van der Waals surface area contributed by atoms with E-state index in [4.69, 9.17) is 11.6 Å². The zero-order chi connectivity index (χ0) is 13.2. The van der Waals surface area contributed by atoms with E-state index >= 15 is 0 Å². The van der Waals surface area contributed by atoms with Crippen LogP contribution in [0.15, 0.2) is 24.3 Å². The third kappa shape index (κ3) is 6.50. The zero-order valence-corrected chi connectivity index (χ0v) is 11.6. The summed E-state index contributed by atoms with van der Waals surface area (Å²) < 4.78 is 0. The molecule has 0 radical (unpaired) electrons. The van der Waals surface area contributed by atoms with Gasteiger partial charge in [-0.25, -0.2) is 0 Å². The van der Waals surface area contributed by atoms with Crippen molar-refractivity contribution in [2.75, 3.05) is 18.4 Å². The van der Waals surface area contributed by atoms with Crippen LogP contribution in [-0.2, 0) is 4.79 Å². The molecule has 0 aliphatic carbocycles.